The van der Waals surface area contributed by atoms with Gasteiger partial charge in [0, 0.05) is 11.5 Å². The molecule has 0 spiro atoms. The highest BCUT2D eigenvalue weighted by atomic mass is 14.9. The lowest BCUT2D eigenvalue weighted by atomic mass is 9.65. The monoisotopic (exact) mass is 285 g/mol. The minimum absolute atomic E-state index is 0.390. The molecule has 1 unspecified atom stereocenters. The third-order valence-electron chi connectivity index (χ3n) is 6.28. The molecular weight excluding hydrogens is 254 g/mol. The van der Waals surface area contributed by atoms with Crippen molar-refractivity contribution in [3.63, 3.8) is 0 Å². The third-order valence-corrected chi connectivity index (χ3v) is 6.28. The van der Waals surface area contributed by atoms with Crippen molar-refractivity contribution in [1.82, 2.24) is 5.32 Å². The molecule has 3 rings (SSSR count). The van der Waals surface area contributed by atoms with Crippen molar-refractivity contribution in [1.29, 1.82) is 0 Å². The Kier molecular flexibility index (Phi) is 4.69. The molecule has 2 saturated carbocycles. The average Bonchev–Trinajstić information content (AvgIpc) is 3.01. The molecule has 2 aliphatic carbocycles. The summed E-state index contributed by atoms with van der Waals surface area (Å²) in [6.45, 7) is 2.42. The van der Waals surface area contributed by atoms with E-state index in [1.807, 2.05) is 0 Å². The SMILES string of the molecule is CNC(C1CCC(C)CC1)C1(c2ccccc2)CCCC1. The molecule has 1 heteroatoms. The standard InChI is InChI=1S/C20H31N/c1-16-10-12-17(13-11-16)19(21-2)20(14-6-7-15-20)18-8-4-3-5-9-18/h3-5,8-9,16-17,19,21H,6-7,10-15H2,1-2H3. The second kappa shape index (κ2) is 6.52. The van der Waals surface area contributed by atoms with Crippen LogP contribution >= 0.6 is 0 Å². The normalized spacial score (nSPS) is 30.2. The Balaban J connectivity index is 1.88. The first kappa shape index (κ1) is 15.1. The molecule has 0 saturated heterocycles. The lowest BCUT2D eigenvalue weighted by Gasteiger charge is -2.44. The average molecular weight is 285 g/mol. The van der Waals surface area contributed by atoms with Gasteiger partial charge in [0.25, 0.3) is 0 Å². The van der Waals surface area contributed by atoms with Gasteiger partial charge < -0.3 is 5.32 Å². The summed E-state index contributed by atoms with van der Waals surface area (Å²) in [6, 6.07) is 12.0. The summed E-state index contributed by atoms with van der Waals surface area (Å²) in [4.78, 5) is 0. The van der Waals surface area contributed by atoms with Crippen LogP contribution in [0.2, 0.25) is 0 Å². The molecule has 0 aliphatic heterocycles. The molecule has 1 N–H and O–H groups in total. The first-order valence-corrected chi connectivity index (χ1v) is 8.99. The van der Waals surface area contributed by atoms with E-state index in [1.54, 1.807) is 5.56 Å². The molecule has 2 aliphatic rings. The van der Waals surface area contributed by atoms with Crippen LogP contribution in [-0.2, 0) is 5.41 Å². The zero-order valence-corrected chi connectivity index (χ0v) is 13.8. The molecule has 0 aromatic heterocycles. The zero-order valence-electron chi connectivity index (χ0n) is 13.8. The molecule has 116 valence electrons. The Bertz CT molecular complexity index is 424. The first-order chi connectivity index (χ1) is 10.3. The maximum Gasteiger partial charge on any atom is 0.0189 e. The molecule has 1 aromatic rings. The maximum absolute atomic E-state index is 3.77. The molecule has 0 amide bonds. The summed E-state index contributed by atoms with van der Waals surface area (Å²) in [6.07, 6.45) is 11.2. The largest absolute Gasteiger partial charge is 0.316 e. The van der Waals surface area contributed by atoms with Crippen LogP contribution < -0.4 is 5.32 Å². The minimum Gasteiger partial charge on any atom is -0.316 e. The predicted octanol–water partition coefficient (Wildman–Crippen LogP) is 4.91. The summed E-state index contributed by atoms with van der Waals surface area (Å²) < 4.78 is 0. The number of benzene rings is 1. The van der Waals surface area contributed by atoms with Crippen LogP contribution in [0.1, 0.15) is 63.9 Å². The summed E-state index contributed by atoms with van der Waals surface area (Å²) in [5.41, 5.74) is 1.97. The van der Waals surface area contributed by atoms with E-state index in [1.165, 1.54) is 51.4 Å². The smallest absolute Gasteiger partial charge is 0.0189 e. The number of hydrogen-bond acceptors (Lipinski definition) is 1. The summed E-state index contributed by atoms with van der Waals surface area (Å²) in [5.74, 6) is 1.81. The van der Waals surface area contributed by atoms with Crippen LogP contribution in [0.3, 0.4) is 0 Å². The maximum atomic E-state index is 3.77. The number of likely N-dealkylation sites (N-methyl/N-ethyl adjacent to an activating group) is 1. The molecule has 0 radical (unpaired) electrons. The first-order valence-electron chi connectivity index (χ1n) is 8.99. The van der Waals surface area contributed by atoms with E-state index in [2.05, 4.69) is 49.6 Å². The molecule has 1 nitrogen and oxygen atoms in total. The van der Waals surface area contributed by atoms with E-state index in [9.17, 15) is 0 Å². The van der Waals surface area contributed by atoms with Gasteiger partial charge in [0.05, 0.1) is 0 Å². The van der Waals surface area contributed by atoms with E-state index in [-0.39, 0.29) is 0 Å². The Morgan fingerprint density at radius 3 is 2.19 bits per heavy atom. The fraction of sp³-hybridized carbons (Fsp3) is 0.700. The van der Waals surface area contributed by atoms with Gasteiger partial charge in [0.15, 0.2) is 0 Å². The van der Waals surface area contributed by atoms with Crippen LogP contribution in [0.25, 0.3) is 0 Å². The van der Waals surface area contributed by atoms with Gasteiger partial charge in [-0.3, -0.25) is 0 Å². The number of rotatable bonds is 4. The van der Waals surface area contributed by atoms with E-state index < -0.39 is 0 Å². The summed E-state index contributed by atoms with van der Waals surface area (Å²) in [7, 11) is 2.20. The van der Waals surface area contributed by atoms with Crippen molar-refractivity contribution < 1.29 is 0 Å². The summed E-state index contributed by atoms with van der Waals surface area (Å²) >= 11 is 0. The van der Waals surface area contributed by atoms with Crippen molar-refractivity contribution in [2.75, 3.05) is 7.05 Å². The third kappa shape index (κ3) is 2.90. The molecule has 2 fully saturated rings. The highest BCUT2D eigenvalue weighted by Gasteiger charge is 2.45. The highest BCUT2D eigenvalue weighted by Crippen LogP contribution is 2.48. The number of nitrogens with one attached hydrogen (secondary N) is 1. The molecule has 1 atom stereocenters. The van der Waals surface area contributed by atoms with Gasteiger partial charge in [0.2, 0.25) is 0 Å². The quantitative estimate of drug-likeness (QED) is 0.828. The number of hydrogen-bond donors (Lipinski definition) is 1. The molecular formula is C20H31N. The minimum atomic E-state index is 0.390. The van der Waals surface area contributed by atoms with Gasteiger partial charge in [-0.1, -0.05) is 62.9 Å². The van der Waals surface area contributed by atoms with Crippen molar-refractivity contribution >= 4 is 0 Å². The molecule has 21 heavy (non-hydrogen) atoms. The van der Waals surface area contributed by atoms with E-state index in [0.717, 1.165) is 11.8 Å². The lowest BCUT2D eigenvalue weighted by molar-refractivity contribution is 0.165. The lowest BCUT2D eigenvalue weighted by Crippen LogP contribution is -2.51. The fourth-order valence-corrected chi connectivity index (χ4v) is 5.14. The van der Waals surface area contributed by atoms with Crippen molar-refractivity contribution in [2.24, 2.45) is 11.8 Å². The van der Waals surface area contributed by atoms with Crippen LogP contribution in [0.4, 0.5) is 0 Å². The Morgan fingerprint density at radius 2 is 1.62 bits per heavy atom. The highest BCUT2D eigenvalue weighted by molar-refractivity contribution is 5.29. The van der Waals surface area contributed by atoms with Crippen LogP contribution in [-0.4, -0.2) is 13.1 Å². The second-order valence-electron chi connectivity index (χ2n) is 7.52. The zero-order chi connectivity index (χ0) is 14.7. The predicted molar refractivity (Wildman–Crippen MR) is 90.6 cm³/mol. The fourth-order valence-electron chi connectivity index (χ4n) is 5.14. The Labute approximate surface area is 130 Å². The van der Waals surface area contributed by atoms with Gasteiger partial charge in [-0.25, -0.2) is 0 Å². The van der Waals surface area contributed by atoms with Crippen molar-refractivity contribution in [3.8, 4) is 0 Å². The van der Waals surface area contributed by atoms with Crippen LogP contribution in [0.15, 0.2) is 30.3 Å². The van der Waals surface area contributed by atoms with Crippen LogP contribution in [0.5, 0.6) is 0 Å². The Hall–Kier alpha value is -0.820. The summed E-state index contributed by atoms with van der Waals surface area (Å²) in [5, 5.41) is 3.77. The van der Waals surface area contributed by atoms with Crippen LogP contribution in [0, 0.1) is 11.8 Å². The Morgan fingerprint density at radius 1 is 1.00 bits per heavy atom. The molecule has 0 heterocycles. The van der Waals surface area contributed by atoms with Crippen molar-refractivity contribution in [2.45, 2.75) is 69.7 Å². The van der Waals surface area contributed by atoms with Gasteiger partial charge in [-0.05, 0) is 50.1 Å². The molecule has 1 aromatic carbocycles. The van der Waals surface area contributed by atoms with Gasteiger partial charge in [-0.2, -0.15) is 0 Å². The van der Waals surface area contributed by atoms with E-state index in [0.29, 0.717) is 11.5 Å². The van der Waals surface area contributed by atoms with E-state index in [4.69, 9.17) is 0 Å². The van der Waals surface area contributed by atoms with Gasteiger partial charge in [-0.15, -0.1) is 0 Å². The van der Waals surface area contributed by atoms with E-state index >= 15 is 0 Å². The van der Waals surface area contributed by atoms with Crippen molar-refractivity contribution in [3.05, 3.63) is 35.9 Å². The van der Waals surface area contributed by atoms with Gasteiger partial charge >= 0.3 is 0 Å². The molecule has 0 bridgehead atoms. The topological polar surface area (TPSA) is 12.0 Å². The van der Waals surface area contributed by atoms with Gasteiger partial charge in [0.1, 0.15) is 0 Å². The second-order valence-corrected chi connectivity index (χ2v) is 7.52.